The van der Waals surface area contributed by atoms with Crippen LogP contribution in [0.3, 0.4) is 0 Å². The highest BCUT2D eigenvalue weighted by Crippen LogP contribution is 2.18. The number of esters is 1. The molecule has 0 saturated carbocycles. The fourth-order valence-corrected chi connectivity index (χ4v) is 3.30. The Morgan fingerprint density at radius 1 is 1.14 bits per heavy atom. The van der Waals surface area contributed by atoms with Crippen LogP contribution in [0, 0.1) is 6.92 Å². The quantitative estimate of drug-likeness (QED) is 0.414. The largest absolute Gasteiger partial charge is 0.423 e. The van der Waals surface area contributed by atoms with E-state index in [4.69, 9.17) is 4.74 Å². The maximum atomic E-state index is 12.5. The fraction of sp³-hybridized carbons (Fsp3) is 0.0476. The molecule has 29 heavy (non-hydrogen) atoms. The van der Waals surface area contributed by atoms with Crippen molar-refractivity contribution in [2.45, 2.75) is 6.92 Å². The molecule has 0 radical (unpaired) electrons. The smallest absolute Gasteiger partial charge is 0.350 e. The number of aryl methyl sites for hydroxylation is 1. The maximum Gasteiger partial charge on any atom is 0.350 e. The molecule has 7 nitrogen and oxygen atoms in total. The van der Waals surface area contributed by atoms with E-state index in [1.807, 2.05) is 12.3 Å². The van der Waals surface area contributed by atoms with Crippen LogP contribution in [-0.2, 0) is 0 Å². The number of nitrogens with zero attached hydrogens (tertiary/aromatic N) is 2. The van der Waals surface area contributed by atoms with Crippen LogP contribution in [0.2, 0.25) is 0 Å². The van der Waals surface area contributed by atoms with E-state index in [2.05, 4.69) is 10.3 Å². The number of carbonyl (C=O) groups is 2. The molecular formula is C21H15N3O4S. The van der Waals surface area contributed by atoms with Gasteiger partial charge in [0.2, 0.25) is 0 Å². The van der Waals surface area contributed by atoms with E-state index in [1.165, 1.54) is 34.1 Å². The van der Waals surface area contributed by atoms with Gasteiger partial charge in [0.15, 0.2) is 0 Å². The van der Waals surface area contributed by atoms with E-state index < -0.39 is 11.5 Å². The second-order valence-electron chi connectivity index (χ2n) is 6.25. The monoisotopic (exact) mass is 405 g/mol. The lowest BCUT2D eigenvalue weighted by Gasteiger charge is -2.07. The van der Waals surface area contributed by atoms with Crippen molar-refractivity contribution in [2.24, 2.45) is 0 Å². The molecule has 0 aliphatic carbocycles. The van der Waals surface area contributed by atoms with Crippen LogP contribution in [0.1, 0.15) is 25.6 Å². The standard InChI is InChI=1S/C21H15N3O4S/c1-13-8-9-24-18(11-13)22-12-16(20(24)26)21(27)28-15-6-4-14(5-7-15)23-19(25)17-3-2-10-29-17/h2-12H,1H3,(H,23,25). The van der Waals surface area contributed by atoms with Gasteiger partial charge in [0.1, 0.15) is 17.0 Å². The summed E-state index contributed by atoms with van der Waals surface area (Å²) in [7, 11) is 0. The van der Waals surface area contributed by atoms with Gasteiger partial charge in [-0.2, -0.15) is 0 Å². The Morgan fingerprint density at radius 2 is 1.93 bits per heavy atom. The van der Waals surface area contributed by atoms with Crippen LogP contribution >= 0.6 is 11.3 Å². The summed E-state index contributed by atoms with van der Waals surface area (Å²) in [5.41, 5.74) is 1.31. The summed E-state index contributed by atoms with van der Waals surface area (Å²) in [5.74, 6) is -0.763. The highest BCUT2D eigenvalue weighted by Gasteiger charge is 2.16. The zero-order valence-corrected chi connectivity index (χ0v) is 16.1. The van der Waals surface area contributed by atoms with Crippen LogP contribution in [0.4, 0.5) is 5.69 Å². The van der Waals surface area contributed by atoms with Crippen LogP contribution in [-0.4, -0.2) is 21.3 Å². The Bertz CT molecular complexity index is 1260. The number of hydrogen-bond acceptors (Lipinski definition) is 6. The Hall–Kier alpha value is -3.78. The number of hydrogen-bond donors (Lipinski definition) is 1. The van der Waals surface area contributed by atoms with Gasteiger partial charge in [-0.3, -0.25) is 14.0 Å². The minimum absolute atomic E-state index is 0.165. The number of amides is 1. The molecule has 3 aromatic heterocycles. The van der Waals surface area contributed by atoms with Crippen LogP contribution < -0.4 is 15.6 Å². The molecule has 4 rings (SSSR count). The molecule has 0 spiro atoms. The molecule has 0 aliphatic heterocycles. The van der Waals surface area contributed by atoms with E-state index in [0.717, 1.165) is 5.56 Å². The molecule has 4 aromatic rings. The summed E-state index contributed by atoms with van der Waals surface area (Å²) in [5, 5.41) is 4.58. The van der Waals surface area contributed by atoms with Gasteiger partial charge < -0.3 is 10.1 Å². The summed E-state index contributed by atoms with van der Waals surface area (Å²) in [6, 6.07) is 13.3. The number of thiophene rings is 1. The van der Waals surface area contributed by atoms with Crippen molar-refractivity contribution in [3.63, 3.8) is 0 Å². The minimum Gasteiger partial charge on any atom is -0.423 e. The third-order valence-corrected chi connectivity index (χ3v) is 5.02. The Morgan fingerprint density at radius 3 is 2.66 bits per heavy atom. The molecule has 1 N–H and O–H groups in total. The van der Waals surface area contributed by atoms with Crippen LogP contribution in [0.15, 0.2) is 71.1 Å². The first-order valence-corrected chi connectivity index (χ1v) is 9.54. The first kappa shape index (κ1) is 18.6. The Labute approximate surface area is 169 Å². The SMILES string of the molecule is Cc1ccn2c(=O)c(C(=O)Oc3ccc(NC(=O)c4cccs4)cc3)cnc2c1. The first-order valence-electron chi connectivity index (χ1n) is 8.66. The number of rotatable bonds is 4. The molecule has 0 atom stereocenters. The summed E-state index contributed by atoms with van der Waals surface area (Å²) >= 11 is 1.34. The fourth-order valence-electron chi connectivity index (χ4n) is 2.69. The highest BCUT2D eigenvalue weighted by atomic mass is 32.1. The molecule has 3 heterocycles. The minimum atomic E-state index is -0.798. The van der Waals surface area contributed by atoms with Gasteiger partial charge in [0, 0.05) is 18.1 Å². The van der Waals surface area contributed by atoms with Gasteiger partial charge >= 0.3 is 5.97 Å². The molecule has 0 unspecified atom stereocenters. The van der Waals surface area contributed by atoms with Crippen molar-refractivity contribution in [1.82, 2.24) is 9.38 Å². The van der Waals surface area contributed by atoms with Crippen LogP contribution in [0.25, 0.3) is 5.65 Å². The summed E-state index contributed by atoms with van der Waals surface area (Å²) in [6.07, 6.45) is 2.79. The molecule has 8 heteroatoms. The number of fused-ring (bicyclic) bond motifs is 1. The predicted molar refractivity (Wildman–Crippen MR) is 110 cm³/mol. The van der Waals surface area contributed by atoms with Crippen molar-refractivity contribution in [2.75, 3.05) is 5.32 Å². The van der Waals surface area contributed by atoms with Crippen molar-refractivity contribution >= 4 is 34.5 Å². The normalized spacial score (nSPS) is 10.7. The lowest BCUT2D eigenvalue weighted by molar-refractivity contribution is 0.0732. The van der Waals surface area contributed by atoms with Gasteiger partial charge in [-0.1, -0.05) is 6.07 Å². The van der Waals surface area contributed by atoms with Gasteiger partial charge in [-0.05, 0) is 60.3 Å². The van der Waals surface area contributed by atoms with Crippen molar-refractivity contribution in [1.29, 1.82) is 0 Å². The number of pyridine rings is 1. The summed E-state index contributed by atoms with van der Waals surface area (Å²) < 4.78 is 6.58. The lowest BCUT2D eigenvalue weighted by Crippen LogP contribution is -2.25. The van der Waals surface area contributed by atoms with Gasteiger partial charge in [0.05, 0.1) is 4.88 Å². The van der Waals surface area contributed by atoms with Gasteiger partial charge in [-0.15, -0.1) is 11.3 Å². The lowest BCUT2D eigenvalue weighted by atomic mass is 10.2. The van der Waals surface area contributed by atoms with E-state index >= 15 is 0 Å². The zero-order valence-electron chi connectivity index (χ0n) is 15.3. The predicted octanol–water partition coefficient (Wildman–Crippen LogP) is 3.54. The number of anilines is 1. The Kier molecular flexibility index (Phi) is 4.92. The molecule has 144 valence electrons. The topological polar surface area (TPSA) is 89.8 Å². The molecule has 1 amide bonds. The van der Waals surface area contributed by atoms with Crippen molar-refractivity contribution in [3.05, 3.63) is 92.7 Å². The number of aromatic nitrogens is 2. The van der Waals surface area contributed by atoms with Crippen molar-refractivity contribution < 1.29 is 14.3 Å². The second kappa shape index (κ2) is 7.69. The zero-order chi connectivity index (χ0) is 20.4. The van der Waals surface area contributed by atoms with E-state index in [9.17, 15) is 14.4 Å². The Balaban J connectivity index is 1.49. The van der Waals surface area contributed by atoms with E-state index in [-0.39, 0.29) is 17.2 Å². The average Bonchev–Trinajstić information content (AvgIpc) is 3.24. The third-order valence-electron chi connectivity index (χ3n) is 4.15. The molecule has 0 bridgehead atoms. The van der Waals surface area contributed by atoms with Crippen LogP contribution in [0.5, 0.6) is 5.75 Å². The van der Waals surface area contributed by atoms with Gasteiger partial charge in [-0.25, -0.2) is 9.78 Å². The number of ether oxygens (including phenoxy) is 1. The maximum absolute atomic E-state index is 12.5. The molecule has 0 fully saturated rings. The second-order valence-corrected chi connectivity index (χ2v) is 7.20. The summed E-state index contributed by atoms with van der Waals surface area (Å²) in [6.45, 7) is 1.89. The molecule has 0 aliphatic rings. The number of nitrogens with one attached hydrogen (secondary N) is 1. The number of carbonyl (C=O) groups excluding carboxylic acids is 2. The average molecular weight is 405 g/mol. The van der Waals surface area contributed by atoms with E-state index in [1.54, 1.807) is 42.6 Å². The summed E-state index contributed by atoms with van der Waals surface area (Å²) in [4.78, 5) is 41.8. The first-order chi connectivity index (χ1) is 14.0. The van der Waals surface area contributed by atoms with E-state index in [0.29, 0.717) is 16.2 Å². The molecule has 0 saturated heterocycles. The third kappa shape index (κ3) is 3.92. The van der Waals surface area contributed by atoms with Crippen molar-refractivity contribution in [3.8, 4) is 5.75 Å². The highest BCUT2D eigenvalue weighted by molar-refractivity contribution is 7.12. The van der Waals surface area contributed by atoms with Gasteiger partial charge in [0.25, 0.3) is 11.5 Å². The number of benzene rings is 1. The molecular weight excluding hydrogens is 390 g/mol. The molecule has 1 aromatic carbocycles.